The van der Waals surface area contributed by atoms with Gasteiger partial charge >= 0.3 is 5.69 Å². The lowest BCUT2D eigenvalue weighted by Crippen LogP contribution is -2.47. The first-order valence-corrected chi connectivity index (χ1v) is 11.9. The van der Waals surface area contributed by atoms with Crippen LogP contribution in [0.5, 0.6) is 0 Å². The van der Waals surface area contributed by atoms with E-state index >= 15 is 0 Å². The molecule has 0 spiro atoms. The molecule has 0 aliphatic carbocycles. The molecule has 2 heterocycles. The number of aryl methyl sites for hydroxylation is 2. The van der Waals surface area contributed by atoms with Crippen molar-refractivity contribution in [2.45, 2.75) is 40.0 Å². The SMILES string of the molecule is CCCCc1ccc(Nc2ncnc(N3CCN(c4cccc(C)c4C)CC3)c2[N+](=O)[O-])cc1. The van der Waals surface area contributed by atoms with E-state index in [0.29, 0.717) is 18.9 Å². The lowest BCUT2D eigenvalue weighted by Gasteiger charge is -2.37. The van der Waals surface area contributed by atoms with Gasteiger partial charge in [-0.25, -0.2) is 9.97 Å². The quantitative estimate of drug-likeness (QED) is 0.355. The van der Waals surface area contributed by atoms with Gasteiger partial charge < -0.3 is 15.1 Å². The number of benzene rings is 2. The van der Waals surface area contributed by atoms with Crippen molar-refractivity contribution in [1.82, 2.24) is 9.97 Å². The number of anilines is 4. The minimum absolute atomic E-state index is 0.0854. The highest BCUT2D eigenvalue weighted by atomic mass is 16.6. The molecule has 0 atom stereocenters. The van der Waals surface area contributed by atoms with Crippen LogP contribution in [0, 0.1) is 24.0 Å². The Balaban J connectivity index is 1.51. The van der Waals surface area contributed by atoms with Crippen molar-refractivity contribution in [3.63, 3.8) is 0 Å². The minimum atomic E-state index is -0.385. The van der Waals surface area contributed by atoms with Gasteiger partial charge in [0.15, 0.2) is 0 Å². The third-order valence-electron chi connectivity index (χ3n) is 6.52. The second-order valence-electron chi connectivity index (χ2n) is 8.77. The normalized spacial score (nSPS) is 13.7. The van der Waals surface area contributed by atoms with Gasteiger partial charge in [0.25, 0.3) is 0 Å². The summed E-state index contributed by atoms with van der Waals surface area (Å²) in [5, 5.41) is 15.2. The number of piperazine rings is 1. The molecule has 0 amide bonds. The molecule has 8 heteroatoms. The zero-order valence-corrected chi connectivity index (χ0v) is 20.1. The van der Waals surface area contributed by atoms with Crippen molar-refractivity contribution in [1.29, 1.82) is 0 Å². The van der Waals surface area contributed by atoms with Gasteiger partial charge in [0.05, 0.1) is 4.92 Å². The molecule has 4 rings (SSSR count). The molecular formula is C26H32N6O2. The fourth-order valence-electron chi connectivity index (χ4n) is 4.37. The molecule has 0 unspecified atom stereocenters. The van der Waals surface area contributed by atoms with Gasteiger partial charge in [-0.15, -0.1) is 0 Å². The Labute approximate surface area is 200 Å². The molecule has 1 aliphatic rings. The predicted molar refractivity (Wildman–Crippen MR) is 137 cm³/mol. The number of rotatable bonds is 8. The molecule has 178 valence electrons. The maximum Gasteiger partial charge on any atom is 0.353 e. The lowest BCUT2D eigenvalue weighted by molar-refractivity contribution is -0.383. The van der Waals surface area contributed by atoms with Crippen LogP contribution in [-0.2, 0) is 6.42 Å². The Kier molecular flexibility index (Phi) is 7.25. The monoisotopic (exact) mass is 460 g/mol. The summed E-state index contributed by atoms with van der Waals surface area (Å²) in [5.41, 5.74) is 5.70. The fourth-order valence-corrected chi connectivity index (χ4v) is 4.37. The molecule has 0 radical (unpaired) electrons. The summed E-state index contributed by atoms with van der Waals surface area (Å²) < 4.78 is 0. The first kappa shape index (κ1) is 23.5. The second kappa shape index (κ2) is 10.5. The minimum Gasteiger partial charge on any atom is -0.368 e. The standard InChI is InChI=1S/C26H32N6O2/c1-4-5-8-21-10-12-22(13-11-21)29-25-24(32(33)34)26(28-18-27-25)31-16-14-30(15-17-31)23-9-6-7-19(2)20(23)3/h6-7,9-13,18H,4-5,8,14-17H2,1-3H3,(H,27,28,29). The lowest BCUT2D eigenvalue weighted by atomic mass is 10.1. The third-order valence-corrected chi connectivity index (χ3v) is 6.52. The summed E-state index contributed by atoms with van der Waals surface area (Å²) in [7, 11) is 0. The van der Waals surface area contributed by atoms with Crippen LogP contribution in [0.1, 0.15) is 36.5 Å². The van der Waals surface area contributed by atoms with E-state index in [9.17, 15) is 10.1 Å². The molecule has 1 N–H and O–H groups in total. The Hall–Kier alpha value is -3.68. The van der Waals surface area contributed by atoms with Crippen molar-refractivity contribution in [3.05, 3.63) is 75.6 Å². The number of hydrogen-bond acceptors (Lipinski definition) is 7. The zero-order chi connectivity index (χ0) is 24.1. The Morgan fingerprint density at radius 1 is 1.00 bits per heavy atom. The number of unbranched alkanes of at least 4 members (excludes halogenated alkanes) is 1. The molecule has 1 fully saturated rings. The van der Waals surface area contributed by atoms with E-state index in [1.165, 1.54) is 28.7 Å². The van der Waals surface area contributed by atoms with E-state index in [1.54, 1.807) is 0 Å². The number of aromatic nitrogens is 2. The van der Waals surface area contributed by atoms with Crippen LogP contribution < -0.4 is 15.1 Å². The van der Waals surface area contributed by atoms with Crippen molar-refractivity contribution in [2.24, 2.45) is 0 Å². The molecule has 0 saturated carbocycles. The second-order valence-corrected chi connectivity index (χ2v) is 8.77. The summed E-state index contributed by atoms with van der Waals surface area (Å²) in [4.78, 5) is 24.5. The molecule has 1 aromatic heterocycles. The van der Waals surface area contributed by atoms with Crippen LogP contribution in [0.25, 0.3) is 0 Å². The predicted octanol–water partition coefficient (Wildman–Crippen LogP) is 5.41. The highest BCUT2D eigenvalue weighted by Gasteiger charge is 2.29. The van der Waals surface area contributed by atoms with Crippen LogP contribution in [-0.4, -0.2) is 41.1 Å². The van der Waals surface area contributed by atoms with Crippen molar-refractivity contribution in [3.8, 4) is 0 Å². The van der Waals surface area contributed by atoms with Gasteiger partial charge in [0.1, 0.15) is 6.33 Å². The van der Waals surface area contributed by atoms with E-state index in [-0.39, 0.29) is 16.4 Å². The number of nitrogens with zero attached hydrogens (tertiary/aromatic N) is 5. The maximum absolute atomic E-state index is 12.1. The molecule has 8 nitrogen and oxygen atoms in total. The fraction of sp³-hybridized carbons (Fsp3) is 0.385. The van der Waals surface area contributed by atoms with Gasteiger partial charge in [0, 0.05) is 37.6 Å². The number of nitrogens with one attached hydrogen (secondary N) is 1. The van der Waals surface area contributed by atoms with Crippen LogP contribution >= 0.6 is 0 Å². The summed E-state index contributed by atoms with van der Waals surface area (Å²) >= 11 is 0. The van der Waals surface area contributed by atoms with E-state index in [1.807, 2.05) is 17.0 Å². The van der Waals surface area contributed by atoms with E-state index < -0.39 is 0 Å². The van der Waals surface area contributed by atoms with Gasteiger partial charge in [-0.2, -0.15) is 0 Å². The third kappa shape index (κ3) is 5.11. The summed E-state index contributed by atoms with van der Waals surface area (Å²) in [6, 6.07) is 14.3. The maximum atomic E-state index is 12.1. The van der Waals surface area contributed by atoms with Crippen LogP contribution in [0.4, 0.5) is 28.7 Å². The highest BCUT2D eigenvalue weighted by Crippen LogP contribution is 2.34. The Morgan fingerprint density at radius 3 is 2.38 bits per heavy atom. The van der Waals surface area contributed by atoms with E-state index in [2.05, 4.69) is 71.3 Å². The smallest absolute Gasteiger partial charge is 0.353 e. The topological polar surface area (TPSA) is 87.4 Å². The van der Waals surface area contributed by atoms with Crippen LogP contribution in [0.3, 0.4) is 0 Å². The van der Waals surface area contributed by atoms with Crippen molar-refractivity contribution in [2.75, 3.05) is 41.3 Å². The molecule has 2 aromatic carbocycles. The van der Waals surface area contributed by atoms with Gasteiger partial charge in [-0.05, 0) is 61.6 Å². The summed E-state index contributed by atoms with van der Waals surface area (Å²) in [5.74, 6) is 0.580. The first-order valence-electron chi connectivity index (χ1n) is 11.9. The number of hydrogen-bond donors (Lipinski definition) is 1. The molecule has 0 bridgehead atoms. The highest BCUT2D eigenvalue weighted by molar-refractivity contribution is 5.74. The average Bonchev–Trinajstić information content (AvgIpc) is 2.85. The van der Waals surface area contributed by atoms with Crippen LogP contribution in [0.2, 0.25) is 0 Å². The molecular weight excluding hydrogens is 428 g/mol. The molecule has 34 heavy (non-hydrogen) atoms. The number of nitro groups is 1. The van der Waals surface area contributed by atoms with Crippen molar-refractivity contribution < 1.29 is 4.92 Å². The van der Waals surface area contributed by atoms with E-state index in [0.717, 1.165) is 38.0 Å². The van der Waals surface area contributed by atoms with Crippen molar-refractivity contribution >= 4 is 28.7 Å². The summed E-state index contributed by atoms with van der Waals surface area (Å²) in [6.07, 6.45) is 4.72. The average molecular weight is 461 g/mol. The zero-order valence-electron chi connectivity index (χ0n) is 20.1. The largest absolute Gasteiger partial charge is 0.368 e. The van der Waals surface area contributed by atoms with Gasteiger partial charge in [0.2, 0.25) is 11.6 Å². The summed E-state index contributed by atoms with van der Waals surface area (Å²) in [6.45, 7) is 9.27. The first-order chi connectivity index (χ1) is 16.5. The van der Waals surface area contributed by atoms with Gasteiger partial charge in [-0.3, -0.25) is 10.1 Å². The molecule has 3 aromatic rings. The van der Waals surface area contributed by atoms with E-state index in [4.69, 9.17) is 0 Å². The van der Waals surface area contributed by atoms with Crippen LogP contribution in [0.15, 0.2) is 48.8 Å². The molecule has 1 aliphatic heterocycles. The Bertz CT molecular complexity index is 1140. The molecule has 1 saturated heterocycles. The van der Waals surface area contributed by atoms with Gasteiger partial charge in [-0.1, -0.05) is 37.6 Å². The Morgan fingerprint density at radius 2 is 1.71 bits per heavy atom.